The van der Waals surface area contributed by atoms with Crippen molar-refractivity contribution in [2.24, 2.45) is 0 Å². The molecule has 4 aromatic rings. The number of benzene rings is 2. The Bertz CT molecular complexity index is 1280. The van der Waals surface area contributed by atoms with Crippen LogP contribution < -0.4 is 4.74 Å². The highest BCUT2D eigenvalue weighted by atomic mass is 16.5. The van der Waals surface area contributed by atoms with Crippen LogP contribution in [0, 0.1) is 6.92 Å². The van der Waals surface area contributed by atoms with E-state index in [2.05, 4.69) is 46.6 Å². The van der Waals surface area contributed by atoms with Gasteiger partial charge in [-0.1, -0.05) is 48.5 Å². The Morgan fingerprint density at radius 3 is 2.69 bits per heavy atom. The predicted octanol–water partition coefficient (Wildman–Crippen LogP) is 4.76. The number of fused-ring (bicyclic) bond motifs is 2. The number of amides is 1. The summed E-state index contributed by atoms with van der Waals surface area (Å²) in [4.78, 5) is 20.2. The molecule has 0 spiro atoms. The number of carbonyl (C=O) groups is 1. The lowest BCUT2D eigenvalue weighted by Crippen LogP contribution is -2.36. The number of hydrogen-bond donors (Lipinski definition) is 0. The van der Waals surface area contributed by atoms with Crippen LogP contribution in [0.2, 0.25) is 0 Å². The highest BCUT2D eigenvalue weighted by molar-refractivity contribution is 5.78. The second kappa shape index (κ2) is 8.50. The van der Waals surface area contributed by atoms with Gasteiger partial charge in [0.2, 0.25) is 5.91 Å². The molecule has 162 valence electrons. The van der Waals surface area contributed by atoms with Crippen LogP contribution in [-0.2, 0) is 17.8 Å². The molecule has 0 aliphatic carbocycles. The van der Waals surface area contributed by atoms with Crippen LogP contribution in [-0.4, -0.2) is 33.8 Å². The first-order valence-electron chi connectivity index (χ1n) is 11.1. The van der Waals surface area contributed by atoms with E-state index < -0.39 is 0 Å². The Balaban J connectivity index is 1.52. The zero-order valence-corrected chi connectivity index (χ0v) is 18.5. The van der Waals surface area contributed by atoms with Gasteiger partial charge in [-0.25, -0.2) is 4.98 Å². The highest BCUT2D eigenvalue weighted by Gasteiger charge is 2.28. The van der Waals surface area contributed by atoms with E-state index in [1.54, 1.807) is 7.11 Å². The lowest BCUT2D eigenvalue weighted by Gasteiger charge is -2.30. The Morgan fingerprint density at radius 1 is 1.06 bits per heavy atom. The van der Waals surface area contributed by atoms with Gasteiger partial charge in [0.05, 0.1) is 12.8 Å². The van der Waals surface area contributed by atoms with E-state index in [9.17, 15) is 4.79 Å². The molecule has 2 aromatic carbocycles. The number of imidazole rings is 1. The Hall–Kier alpha value is -3.60. The monoisotopic (exact) mass is 425 g/mol. The summed E-state index contributed by atoms with van der Waals surface area (Å²) >= 11 is 0. The third kappa shape index (κ3) is 3.64. The quantitative estimate of drug-likeness (QED) is 0.463. The largest absolute Gasteiger partial charge is 0.496 e. The van der Waals surface area contributed by atoms with Gasteiger partial charge in [0.25, 0.3) is 0 Å². The van der Waals surface area contributed by atoms with Gasteiger partial charge in [0.1, 0.15) is 11.4 Å². The summed E-state index contributed by atoms with van der Waals surface area (Å²) in [7, 11) is 1.68. The molecule has 1 atom stereocenters. The number of aryl methyl sites for hydroxylation is 1. The molecule has 1 unspecified atom stereocenters. The van der Waals surface area contributed by atoms with Crippen LogP contribution in [0.25, 0.3) is 5.65 Å². The fraction of sp³-hybridized carbons (Fsp3) is 0.259. The molecule has 5 nitrogen and oxygen atoms in total. The van der Waals surface area contributed by atoms with Crippen LogP contribution >= 0.6 is 0 Å². The number of hydrogen-bond acceptors (Lipinski definition) is 3. The summed E-state index contributed by atoms with van der Waals surface area (Å²) < 4.78 is 7.78. The van der Waals surface area contributed by atoms with E-state index in [4.69, 9.17) is 4.74 Å². The van der Waals surface area contributed by atoms with E-state index >= 15 is 0 Å². The molecule has 5 heteroatoms. The molecule has 0 saturated heterocycles. The number of aromatic nitrogens is 2. The van der Waals surface area contributed by atoms with Gasteiger partial charge in [0, 0.05) is 43.4 Å². The maximum absolute atomic E-state index is 13.5. The van der Waals surface area contributed by atoms with Gasteiger partial charge in [-0.15, -0.1) is 0 Å². The molecular formula is C27H27N3O2. The average molecular weight is 426 g/mol. The summed E-state index contributed by atoms with van der Waals surface area (Å²) in [6, 6.07) is 20.5. The molecule has 1 aliphatic rings. The minimum atomic E-state index is -0.160. The maximum atomic E-state index is 13.5. The number of ether oxygens (including phenoxy) is 1. The van der Waals surface area contributed by atoms with E-state index in [-0.39, 0.29) is 11.8 Å². The van der Waals surface area contributed by atoms with Crippen LogP contribution in [0.4, 0.5) is 0 Å². The molecule has 0 radical (unpaired) electrons. The first-order chi connectivity index (χ1) is 15.7. The van der Waals surface area contributed by atoms with Crippen LogP contribution in [0.15, 0.2) is 73.1 Å². The molecular weight excluding hydrogens is 398 g/mol. The maximum Gasteiger partial charge on any atom is 0.223 e. The smallest absolute Gasteiger partial charge is 0.223 e. The van der Waals surface area contributed by atoms with E-state index in [0.717, 1.165) is 41.2 Å². The molecule has 0 fully saturated rings. The van der Waals surface area contributed by atoms with Crippen molar-refractivity contribution >= 4 is 11.6 Å². The number of methoxy groups -OCH3 is 1. The molecule has 1 aliphatic heterocycles. The topological polar surface area (TPSA) is 46.8 Å². The summed E-state index contributed by atoms with van der Waals surface area (Å²) in [6.07, 6.45) is 5.19. The summed E-state index contributed by atoms with van der Waals surface area (Å²) in [5.41, 5.74) is 6.61. The van der Waals surface area contributed by atoms with Crippen molar-refractivity contribution in [3.63, 3.8) is 0 Å². The molecule has 32 heavy (non-hydrogen) atoms. The van der Waals surface area contributed by atoms with Crippen molar-refractivity contribution in [1.29, 1.82) is 0 Å². The minimum Gasteiger partial charge on any atom is -0.496 e. The Labute approximate surface area is 188 Å². The number of nitrogens with zero attached hydrogens (tertiary/aromatic N) is 3. The number of pyridine rings is 1. The van der Waals surface area contributed by atoms with Gasteiger partial charge in [-0.05, 0) is 42.2 Å². The molecule has 2 aromatic heterocycles. The van der Waals surface area contributed by atoms with Crippen molar-refractivity contribution in [2.45, 2.75) is 32.2 Å². The van der Waals surface area contributed by atoms with Crippen molar-refractivity contribution in [3.8, 4) is 5.75 Å². The predicted molar refractivity (Wildman–Crippen MR) is 125 cm³/mol. The summed E-state index contributed by atoms with van der Waals surface area (Å²) in [5.74, 6) is 0.780. The molecule has 1 amide bonds. The molecule has 5 rings (SSSR count). The molecule has 3 heterocycles. The lowest BCUT2D eigenvalue weighted by molar-refractivity contribution is -0.132. The van der Waals surface area contributed by atoms with Gasteiger partial charge >= 0.3 is 0 Å². The average Bonchev–Trinajstić information content (AvgIpc) is 3.27. The molecule has 0 saturated carbocycles. The third-order valence-corrected chi connectivity index (χ3v) is 6.49. The van der Waals surface area contributed by atoms with E-state index in [1.165, 1.54) is 11.1 Å². The van der Waals surface area contributed by atoms with Gasteiger partial charge in [-0.2, -0.15) is 0 Å². The van der Waals surface area contributed by atoms with Crippen molar-refractivity contribution in [2.75, 3.05) is 13.7 Å². The number of rotatable bonds is 5. The third-order valence-electron chi connectivity index (χ3n) is 6.49. The number of para-hydroxylation sites is 1. The standard InChI is InChI=1S/C27H27N3O2/c1-19-8-7-14-30-24(17-28-27(19)30)23(22-11-5-6-12-25(22)32-2)16-26(31)29-15-13-20-9-3-4-10-21(20)18-29/h3-12,14,17,23H,13,15-16,18H2,1-2H3. The van der Waals surface area contributed by atoms with Crippen LogP contribution in [0.3, 0.4) is 0 Å². The first-order valence-corrected chi connectivity index (χ1v) is 11.1. The van der Waals surface area contributed by atoms with Crippen molar-refractivity contribution in [1.82, 2.24) is 14.3 Å². The Kier molecular flexibility index (Phi) is 5.39. The van der Waals surface area contributed by atoms with Crippen molar-refractivity contribution in [3.05, 3.63) is 101 Å². The summed E-state index contributed by atoms with van der Waals surface area (Å²) in [6.45, 7) is 3.47. The SMILES string of the molecule is COc1ccccc1C(CC(=O)N1CCc2ccccc2C1)c1cnc2c(C)cccn12. The van der Waals surface area contributed by atoms with E-state index in [0.29, 0.717) is 13.0 Å². The first kappa shape index (κ1) is 20.3. The molecule has 0 bridgehead atoms. The van der Waals surface area contributed by atoms with Gasteiger partial charge in [-0.3, -0.25) is 4.79 Å². The molecule has 0 N–H and O–H groups in total. The number of carbonyl (C=O) groups excluding carboxylic acids is 1. The van der Waals surface area contributed by atoms with Crippen LogP contribution in [0.1, 0.15) is 40.3 Å². The second-order valence-electron chi connectivity index (χ2n) is 8.40. The van der Waals surface area contributed by atoms with Gasteiger partial charge in [0.15, 0.2) is 0 Å². The summed E-state index contributed by atoms with van der Waals surface area (Å²) in [5, 5.41) is 0. The minimum absolute atomic E-state index is 0.151. The van der Waals surface area contributed by atoms with E-state index in [1.807, 2.05) is 47.6 Å². The zero-order valence-electron chi connectivity index (χ0n) is 18.5. The Morgan fingerprint density at radius 2 is 1.84 bits per heavy atom. The second-order valence-corrected chi connectivity index (χ2v) is 8.40. The fourth-order valence-electron chi connectivity index (χ4n) is 4.77. The normalized spacial score (nSPS) is 14.2. The highest BCUT2D eigenvalue weighted by Crippen LogP contribution is 2.36. The lowest BCUT2D eigenvalue weighted by atomic mass is 9.90. The van der Waals surface area contributed by atoms with Gasteiger partial charge < -0.3 is 14.0 Å². The zero-order chi connectivity index (χ0) is 22.1. The fourth-order valence-corrected chi connectivity index (χ4v) is 4.77. The van der Waals surface area contributed by atoms with Crippen LogP contribution in [0.5, 0.6) is 5.75 Å². The van der Waals surface area contributed by atoms with Crippen molar-refractivity contribution < 1.29 is 9.53 Å².